The lowest BCUT2D eigenvalue weighted by atomic mass is 10.1. The summed E-state index contributed by atoms with van der Waals surface area (Å²) < 4.78 is 5.19. The second-order valence-corrected chi connectivity index (χ2v) is 4.91. The zero-order valence-electron chi connectivity index (χ0n) is 11.4. The second-order valence-electron chi connectivity index (χ2n) is 4.91. The molecule has 1 heterocycles. The summed E-state index contributed by atoms with van der Waals surface area (Å²) in [5.41, 5.74) is 0.978. The van der Waals surface area contributed by atoms with Crippen LogP contribution >= 0.6 is 0 Å². The molecule has 20 heavy (non-hydrogen) atoms. The fraction of sp³-hybridized carbons (Fsp3) is 0.467. The summed E-state index contributed by atoms with van der Waals surface area (Å²) >= 11 is 0. The van der Waals surface area contributed by atoms with Gasteiger partial charge in [-0.2, -0.15) is 5.26 Å². The third kappa shape index (κ3) is 4.56. The van der Waals surface area contributed by atoms with Crippen LogP contribution in [0.15, 0.2) is 30.3 Å². The van der Waals surface area contributed by atoms with Crippen LogP contribution in [0.2, 0.25) is 0 Å². The Bertz CT molecular complexity index is 462. The van der Waals surface area contributed by atoms with E-state index in [9.17, 15) is 4.79 Å². The fourth-order valence-corrected chi connectivity index (χ4v) is 2.27. The van der Waals surface area contributed by atoms with Gasteiger partial charge in [0.25, 0.3) is 0 Å². The second kappa shape index (κ2) is 7.51. The van der Waals surface area contributed by atoms with Crippen molar-refractivity contribution < 1.29 is 9.53 Å². The van der Waals surface area contributed by atoms with Gasteiger partial charge in [-0.05, 0) is 18.4 Å². The predicted molar refractivity (Wildman–Crippen MR) is 74.8 cm³/mol. The predicted octanol–water partition coefficient (Wildman–Crippen LogP) is 1.90. The molecule has 1 aliphatic heterocycles. The number of alkyl carbamates (subject to hydrolysis) is 1. The molecule has 1 amide bonds. The van der Waals surface area contributed by atoms with Crippen LogP contribution in [0, 0.1) is 11.3 Å². The van der Waals surface area contributed by atoms with Crippen molar-refractivity contribution in [3.05, 3.63) is 35.9 Å². The van der Waals surface area contributed by atoms with Gasteiger partial charge in [0.05, 0.1) is 12.6 Å². The lowest BCUT2D eigenvalue weighted by molar-refractivity contribution is 0.128. The standard InChI is InChI=1S/C15H19N3O2/c16-8-11-18-9-6-14(7-10-18)17-15(19)20-12-13-4-2-1-3-5-13/h1-5,14H,6-7,9-12H2,(H,17,19). The summed E-state index contributed by atoms with van der Waals surface area (Å²) in [5.74, 6) is 0. The zero-order chi connectivity index (χ0) is 14.2. The highest BCUT2D eigenvalue weighted by Crippen LogP contribution is 2.10. The van der Waals surface area contributed by atoms with Crippen LogP contribution < -0.4 is 5.32 Å². The van der Waals surface area contributed by atoms with Crippen molar-refractivity contribution in [2.24, 2.45) is 0 Å². The van der Waals surface area contributed by atoms with Gasteiger partial charge in [0.2, 0.25) is 0 Å². The molecule has 106 valence electrons. The van der Waals surface area contributed by atoms with Crippen molar-refractivity contribution in [2.75, 3.05) is 19.6 Å². The van der Waals surface area contributed by atoms with Crippen molar-refractivity contribution in [1.29, 1.82) is 5.26 Å². The first-order valence-electron chi connectivity index (χ1n) is 6.84. The van der Waals surface area contributed by atoms with E-state index in [1.165, 1.54) is 0 Å². The third-order valence-corrected chi connectivity index (χ3v) is 3.42. The number of nitriles is 1. The van der Waals surface area contributed by atoms with Gasteiger partial charge in [-0.3, -0.25) is 4.90 Å². The molecule has 0 aromatic heterocycles. The van der Waals surface area contributed by atoms with E-state index in [0.29, 0.717) is 13.2 Å². The molecule has 1 saturated heterocycles. The molecule has 1 N–H and O–H groups in total. The Morgan fingerprint density at radius 2 is 2.05 bits per heavy atom. The molecule has 1 fully saturated rings. The number of likely N-dealkylation sites (tertiary alicyclic amines) is 1. The molecule has 0 radical (unpaired) electrons. The van der Waals surface area contributed by atoms with Crippen LogP contribution in [0.5, 0.6) is 0 Å². The van der Waals surface area contributed by atoms with Crippen LogP contribution in [0.3, 0.4) is 0 Å². The zero-order valence-corrected chi connectivity index (χ0v) is 11.4. The molecule has 0 saturated carbocycles. The van der Waals surface area contributed by atoms with Crippen molar-refractivity contribution in [3.63, 3.8) is 0 Å². The van der Waals surface area contributed by atoms with Gasteiger partial charge in [-0.1, -0.05) is 30.3 Å². The van der Waals surface area contributed by atoms with Gasteiger partial charge in [0.1, 0.15) is 6.61 Å². The minimum atomic E-state index is -0.368. The number of nitrogens with zero attached hydrogens (tertiary/aromatic N) is 2. The number of hydrogen-bond donors (Lipinski definition) is 1. The monoisotopic (exact) mass is 273 g/mol. The van der Waals surface area contributed by atoms with E-state index >= 15 is 0 Å². The lowest BCUT2D eigenvalue weighted by Gasteiger charge is -2.30. The molecule has 0 aliphatic carbocycles. The minimum absolute atomic E-state index is 0.146. The maximum Gasteiger partial charge on any atom is 0.407 e. The number of amides is 1. The first-order valence-corrected chi connectivity index (χ1v) is 6.84. The number of rotatable bonds is 4. The quantitative estimate of drug-likeness (QED) is 0.851. The Hall–Kier alpha value is -2.06. The van der Waals surface area contributed by atoms with Crippen LogP contribution in [-0.2, 0) is 11.3 Å². The first-order chi connectivity index (χ1) is 9.78. The van der Waals surface area contributed by atoms with Gasteiger partial charge < -0.3 is 10.1 Å². The minimum Gasteiger partial charge on any atom is -0.445 e. The van der Waals surface area contributed by atoms with Gasteiger partial charge in [-0.25, -0.2) is 4.79 Å². The number of carbonyl (C=O) groups excluding carboxylic acids is 1. The summed E-state index contributed by atoms with van der Waals surface area (Å²) in [6.07, 6.45) is 1.36. The van der Waals surface area contributed by atoms with E-state index in [-0.39, 0.29) is 12.1 Å². The van der Waals surface area contributed by atoms with E-state index in [1.807, 2.05) is 30.3 Å². The molecule has 0 spiro atoms. The molecular weight excluding hydrogens is 254 g/mol. The summed E-state index contributed by atoms with van der Waals surface area (Å²) in [4.78, 5) is 13.8. The number of ether oxygens (including phenoxy) is 1. The Kier molecular flexibility index (Phi) is 5.39. The fourth-order valence-electron chi connectivity index (χ4n) is 2.27. The number of nitrogens with one attached hydrogen (secondary N) is 1. The highest BCUT2D eigenvalue weighted by atomic mass is 16.5. The first kappa shape index (κ1) is 14.4. The highest BCUT2D eigenvalue weighted by Gasteiger charge is 2.20. The van der Waals surface area contributed by atoms with E-state index < -0.39 is 0 Å². The van der Waals surface area contributed by atoms with Crippen molar-refractivity contribution >= 4 is 6.09 Å². The molecule has 1 aromatic rings. The normalized spacial score (nSPS) is 16.4. The Balaban J connectivity index is 1.67. The van der Waals surface area contributed by atoms with Crippen molar-refractivity contribution in [3.8, 4) is 6.07 Å². The smallest absolute Gasteiger partial charge is 0.407 e. The van der Waals surface area contributed by atoms with E-state index in [4.69, 9.17) is 10.00 Å². The van der Waals surface area contributed by atoms with E-state index in [1.54, 1.807) is 0 Å². The van der Waals surface area contributed by atoms with Gasteiger partial charge in [0, 0.05) is 19.1 Å². The van der Waals surface area contributed by atoms with Crippen LogP contribution in [0.4, 0.5) is 4.79 Å². The molecule has 0 atom stereocenters. The summed E-state index contributed by atoms with van der Waals surface area (Å²) in [5, 5.41) is 11.5. The molecule has 1 aromatic carbocycles. The van der Waals surface area contributed by atoms with E-state index in [2.05, 4.69) is 16.3 Å². The summed E-state index contributed by atoms with van der Waals surface area (Å²) in [6.45, 7) is 2.44. The lowest BCUT2D eigenvalue weighted by Crippen LogP contribution is -2.44. The van der Waals surface area contributed by atoms with E-state index in [0.717, 1.165) is 31.5 Å². The average Bonchev–Trinajstić information content (AvgIpc) is 2.49. The molecular formula is C15H19N3O2. The molecule has 0 bridgehead atoms. The SMILES string of the molecule is N#CCN1CCC(NC(=O)OCc2ccccc2)CC1. The van der Waals surface area contributed by atoms with Crippen LogP contribution in [0.1, 0.15) is 18.4 Å². The number of piperidine rings is 1. The van der Waals surface area contributed by atoms with Crippen LogP contribution in [-0.4, -0.2) is 36.7 Å². The van der Waals surface area contributed by atoms with Crippen molar-refractivity contribution in [1.82, 2.24) is 10.2 Å². The average molecular weight is 273 g/mol. The van der Waals surface area contributed by atoms with Crippen molar-refractivity contribution in [2.45, 2.75) is 25.5 Å². The highest BCUT2D eigenvalue weighted by molar-refractivity contribution is 5.67. The summed E-state index contributed by atoms with van der Waals surface area (Å²) in [6, 6.07) is 11.9. The maximum absolute atomic E-state index is 11.7. The van der Waals surface area contributed by atoms with Gasteiger partial charge in [0.15, 0.2) is 0 Å². The number of carbonyl (C=O) groups is 1. The largest absolute Gasteiger partial charge is 0.445 e. The molecule has 0 unspecified atom stereocenters. The van der Waals surface area contributed by atoms with Gasteiger partial charge in [-0.15, -0.1) is 0 Å². The number of benzene rings is 1. The maximum atomic E-state index is 11.7. The molecule has 5 heteroatoms. The topological polar surface area (TPSA) is 65.4 Å². The Morgan fingerprint density at radius 1 is 1.35 bits per heavy atom. The van der Waals surface area contributed by atoms with Crippen LogP contribution in [0.25, 0.3) is 0 Å². The molecule has 1 aliphatic rings. The summed E-state index contributed by atoms with van der Waals surface area (Å²) in [7, 11) is 0. The van der Waals surface area contributed by atoms with Gasteiger partial charge >= 0.3 is 6.09 Å². The number of hydrogen-bond acceptors (Lipinski definition) is 4. The Labute approximate surface area is 119 Å². The Morgan fingerprint density at radius 3 is 2.70 bits per heavy atom. The third-order valence-electron chi connectivity index (χ3n) is 3.42. The molecule has 2 rings (SSSR count). The molecule has 5 nitrogen and oxygen atoms in total.